The maximum Gasteiger partial charge on any atom is 0.348 e. The van der Waals surface area contributed by atoms with Crippen LogP contribution >= 0.6 is 11.8 Å². The Bertz CT molecular complexity index is 353. The third-order valence-electron chi connectivity index (χ3n) is 1.68. The predicted molar refractivity (Wildman–Crippen MR) is 53.4 cm³/mol. The van der Waals surface area contributed by atoms with Crippen LogP contribution in [0.4, 0.5) is 0 Å². The van der Waals surface area contributed by atoms with Crippen LogP contribution in [0.1, 0.15) is 0 Å². The van der Waals surface area contributed by atoms with Gasteiger partial charge in [-0.25, -0.2) is 4.79 Å². The second kappa shape index (κ2) is 5.14. The van der Waals surface area contributed by atoms with Crippen LogP contribution < -0.4 is 5.69 Å². The summed E-state index contributed by atoms with van der Waals surface area (Å²) in [5.41, 5.74) is -0.413. The average Bonchev–Trinajstić information content (AvgIpc) is 2.20. The molecular formula is C8H12N2O3S. The molecule has 0 spiro atoms. The van der Waals surface area contributed by atoms with Gasteiger partial charge in [-0.2, -0.15) is 4.98 Å². The van der Waals surface area contributed by atoms with Gasteiger partial charge in [0.15, 0.2) is 0 Å². The van der Waals surface area contributed by atoms with E-state index in [2.05, 4.69) is 4.98 Å². The fourth-order valence-electron chi connectivity index (χ4n) is 0.951. The summed E-state index contributed by atoms with van der Waals surface area (Å²) >= 11 is 1.38. The summed E-state index contributed by atoms with van der Waals surface area (Å²) in [6.07, 6.45) is 2.46. The number of hydrogen-bond donors (Lipinski definition) is 2. The van der Waals surface area contributed by atoms with Crippen molar-refractivity contribution >= 4 is 11.8 Å². The largest absolute Gasteiger partial charge is 0.394 e. The van der Waals surface area contributed by atoms with Gasteiger partial charge in [0.05, 0.1) is 19.3 Å². The number of aliphatic hydroxyl groups excluding tert-OH is 2. The highest BCUT2D eigenvalue weighted by Gasteiger charge is 2.05. The van der Waals surface area contributed by atoms with Crippen LogP contribution in [-0.2, 0) is 6.54 Å². The van der Waals surface area contributed by atoms with Crippen LogP contribution in [0.2, 0.25) is 0 Å². The normalized spacial score (nSPS) is 12.8. The lowest BCUT2D eigenvalue weighted by molar-refractivity contribution is 0.0799. The Morgan fingerprint density at radius 3 is 2.93 bits per heavy atom. The highest BCUT2D eigenvalue weighted by Crippen LogP contribution is 2.06. The third kappa shape index (κ3) is 2.83. The predicted octanol–water partition coefficient (Wildman–Crippen LogP) is -0.682. The van der Waals surface area contributed by atoms with Gasteiger partial charge < -0.3 is 10.2 Å². The minimum atomic E-state index is -0.922. The zero-order valence-electron chi connectivity index (χ0n) is 7.75. The second-order valence-corrected chi connectivity index (χ2v) is 3.57. The molecule has 0 bridgehead atoms. The molecule has 1 rings (SSSR count). The summed E-state index contributed by atoms with van der Waals surface area (Å²) in [7, 11) is 0. The fourth-order valence-corrected chi connectivity index (χ4v) is 1.32. The lowest BCUT2D eigenvalue weighted by Crippen LogP contribution is -2.29. The van der Waals surface area contributed by atoms with Gasteiger partial charge in [0.1, 0.15) is 5.03 Å². The van der Waals surface area contributed by atoms with Crippen molar-refractivity contribution in [2.24, 2.45) is 0 Å². The van der Waals surface area contributed by atoms with Crippen LogP contribution in [0.5, 0.6) is 0 Å². The molecule has 0 fully saturated rings. The Morgan fingerprint density at radius 1 is 1.71 bits per heavy atom. The Balaban J connectivity index is 2.84. The maximum atomic E-state index is 11.3. The van der Waals surface area contributed by atoms with Crippen LogP contribution in [0.15, 0.2) is 22.1 Å². The molecule has 5 nitrogen and oxygen atoms in total. The Morgan fingerprint density at radius 2 is 2.43 bits per heavy atom. The molecule has 0 aliphatic rings. The van der Waals surface area contributed by atoms with Crippen molar-refractivity contribution in [3.05, 3.63) is 22.7 Å². The molecule has 2 N–H and O–H groups in total. The number of rotatable bonds is 4. The standard InChI is InChI=1S/C8H12N2O3S/c1-14-7-2-3-10(8(13)9-7)4-6(12)5-11/h2-3,6,11-12H,4-5H2,1H3. The molecule has 0 aliphatic carbocycles. The van der Waals surface area contributed by atoms with Gasteiger partial charge in [-0.15, -0.1) is 11.8 Å². The van der Waals surface area contributed by atoms with Gasteiger partial charge in [0, 0.05) is 6.20 Å². The smallest absolute Gasteiger partial charge is 0.348 e. The Kier molecular flexibility index (Phi) is 4.12. The number of aliphatic hydroxyl groups is 2. The minimum Gasteiger partial charge on any atom is -0.394 e. The molecule has 0 aliphatic heterocycles. The summed E-state index contributed by atoms with van der Waals surface area (Å²) in [6.45, 7) is -0.298. The molecule has 0 saturated heterocycles. The highest BCUT2D eigenvalue weighted by molar-refractivity contribution is 7.98. The van der Waals surface area contributed by atoms with Crippen LogP contribution in [0.25, 0.3) is 0 Å². The van der Waals surface area contributed by atoms with E-state index in [1.54, 1.807) is 12.3 Å². The Labute approximate surface area is 85.4 Å². The van der Waals surface area contributed by atoms with Crippen molar-refractivity contribution in [3.8, 4) is 0 Å². The summed E-state index contributed by atoms with van der Waals surface area (Å²) in [4.78, 5) is 15.1. The highest BCUT2D eigenvalue weighted by atomic mass is 32.2. The lowest BCUT2D eigenvalue weighted by Gasteiger charge is -2.08. The van der Waals surface area contributed by atoms with Crippen LogP contribution in [-0.4, -0.2) is 38.7 Å². The molecule has 0 radical (unpaired) electrons. The molecule has 0 saturated carbocycles. The maximum absolute atomic E-state index is 11.3. The Hall–Kier alpha value is -0.850. The number of aromatic nitrogens is 2. The van der Waals surface area contributed by atoms with Crippen LogP contribution in [0.3, 0.4) is 0 Å². The summed E-state index contributed by atoms with van der Waals surface area (Å²) in [5, 5.41) is 18.4. The zero-order chi connectivity index (χ0) is 10.6. The van der Waals surface area contributed by atoms with Crippen molar-refractivity contribution in [1.82, 2.24) is 9.55 Å². The van der Waals surface area contributed by atoms with E-state index in [0.717, 1.165) is 0 Å². The lowest BCUT2D eigenvalue weighted by atomic mass is 10.4. The third-order valence-corrected chi connectivity index (χ3v) is 2.32. The van der Waals surface area contributed by atoms with E-state index in [4.69, 9.17) is 10.2 Å². The van der Waals surface area contributed by atoms with Crippen molar-refractivity contribution in [2.75, 3.05) is 12.9 Å². The van der Waals surface area contributed by atoms with E-state index in [1.165, 1.54) is 16.3 Å². The van der Waals surface area contributed by atoms with Crippen molar-refractivity contribution in [1.29, 1.82) is 0 Å². The van der Waals surface area contributed by atoms with E-state index in [1.807, 2.05) is 6.26 Å². The SMILES string of the molecule is CSc1ccn(CC(O)CO)c(=O)n1. The monoisotopic (exact) mass is 216 g/mol. The molecule has 0 amide bonds. The average molecular weight is 216 g/mol. The van der Waals surface area contributed by atoms with Crippen LogP contribution in [0, 0.1) is 0 Å². The van der Waals surface area contributed by atoms with Gasteiger partial charge in [-0.1, -0.05) is 0 Å². The minimum absolute atomic E-state index is 0.0665. The number of nitrogens with zero attached hydrogens (tertiary/aromatic N) is 2. The summed E-state index contributed by atoms with van der Waals surface area (Å²) < 4.78 is 1.26. The quantitative estimate of drug-likeness (QED) is 0.515. The number of hydrogen-bond acceptors (Lipinski definition) is 5. The number of thioether (sulfide) groups is 1. The first-order chi connectivity index (χ1) is 6.67. The first-order valence-corrected chi connectivity index (χ1v) is 5.30. The van der Waals surface area contributed by atoms with Crippen molar-refractivity contribution in [2.45, 2.75) is 17.7 Å². The van der Waals surface area contributed by atoms with Gasteiger partial charge >= 0.3 is 5.69 Å². The first-order valence-electron chi connectivity index (χ1n) is 4.07. The van der Waals surface area contributed by atoms with Gasteiger partial charge in [0.2, 0.25) is 0 Å². The molecule has 1 heterocycles. The molecule has 1 aromatic heterocycles. The van der Waals surface area contributed by atoms with Gasteiger partial charge in [0.25, 0.3) is 0 Å². The van der Waals surface area contributed by atoms with Gasteiger partial charge in [-0.3, -0.25) is 4.57 Å². The van der Waals surface area contributed by atoms with E-state index in [9.17, 15) is 4.79 Å². The van der Waals surface area contributed by atoms with E-state index in [0.29, 0.717) is 5.03 Å². The van der Waals surface area contributed by atoms with E-state index in [-0.39, 0.29) is 13.2 Å². The molecular weight excluding hydrogens is 204 g/mol. The van der Waals surface area contributed by atoms with E-state index < -0.39 is 11.8 Å². The molecule has 1 aromatic rings. The second-order valence-electron chi connectivity index (χ2n) is 2.74. The molecule has 1 unspecified atom stereocenters. The molecule has 14 heavy (non-hydrogen) atoms. The zero-order valence-corrected chi connectivity index (χ0v) is 8.57. The topological polar surface area (TPSA) is 75.3 Å². The van der Waals surface area contributed by atoms with Gasteiger partial charge in [-0.05, 0) is 12.3 Å². The molecule has 1 atom stereocenters. The summed E-state index contributed by atoms with van der Waals surface area (Å²) in [6, 6.07) is 1.69. The molecule has 78 valence electrons. The fraction of sp³-hybridized carbons (Fsp3) is 0.500. The summed E-state index contributed by atoms with van der Waals surface area (Å²) in [5.74, 6) is 0. The first kappa shape index (κ1) is 11.2. The van der Waals surface area contributed by atoms with E-state index >= 15 is 0 Å². The molecule has 0 aromatic carbocycles. The molecule has 6 heteroatoms. The van der Waals surface area contributed by atoms with Crippen molar-refractivity contribution < 1.29 is 10.2 Å². The van der Waals surface area contributed by atoms with Crippen molar-refractivity contribution in [3.63, 3.8) is 0 Å².